The van der Waals surface area contributed by atoms with Crippen molar-refractivity contribution >= 4 is 0 Å². The smallest absolute Gasteiger partial charge is 0.283 e. The van der Waals surface area contributed by atoms with Crippen molar-refractivity contribution in [2.75, 3.05) is 46.1 Å². The lowest BCUT2D eigenvalue weighted by atomic mass is 9.78. The van der Waals surface area contributed by atoms with E-state index in [0.717, 1.165) is 42.1 Å². The van der Waals surface area contributed by atoms with Crippen molar-refractivity contribution in [3.8, 4) is 0 Å². The van der Waals surface area contributed by atoms with Gasteiger partial charge in [-0.2, -0.15) is 0 Å². The fraction of sp³-hybridized carbons (Fsp3) is 0.630. The van der Waals surface area contributed by atoms with Crippen LogP contribution >= 0.6 is 0 Å². The van der Waals surface area contributed by atoms with Gasteiger partial charge < -0.3 is 14.9 Å². The van der Waals surface area contributed by atoms with Crippen LogP contribution in [-0.2, 0) is 11.2 Å². The number of likely N-dealkylation sites (tertiary alicyclic amines) is 1. The summed E-state index contributed by atoms with van der Waals surface area (Å²) in [6.45, 7) is 4.54. The Hall–Kier alpha value is -1.87. The third-order valence-corrected chi connectivity index (χ3v) is 7.48. The fourth-order valence-electron chi connectivity index (χ4n) is 5.50. The molecule has 1 aromatic carbocycles. The first-order valence-corrected chi connectivity index (χ1v) is 12.6. The minimum atomic E-state index is -3.19. The van der Waals surface area contributed by atoms with E-state index in [0.29, 0.717) is 19.4 Å². The van der Waals surface area contributed by atoms with Crippen LogP contribution in [0.2, 0.25) is 0 Å². The molecule has 0 radical (unpaired) electrons. The summed E-state index contributed by atoms with van der Waals surface area (Å²) in [5.41, 5.74) is 2.89. The van der Waals surface area contributed by atoms with Crippen LogP contribution in [0.25, 0.3) is 0 Å². The molecule has 0 saturated carbocycles. The van der Waals surface area contributed by atoms with Crippen LogP contribution in [0.4, 0.5) is 13.2 Å². The number of ether oxygens (including phenoxy) is 1. The number of allylic oxidation sites excluding steroid dienone is 2. The van der Waals surface area contributed by atoms with Crippen LogP contribution in [-0.4, -0.2) is 78.0 Å². The summed E-state index contributed by atoms with van der Waals surface area (Å²) in [6, 6.07) is 5.40. The summed E-state index contributed by atoms with van der Waals surface area (Å²) in [6.07, 6.45) is 6.62. The number of nitrogens with zero attached hydrogens (tertiary/aromatic N) is 2. The van der Waals surface area contributed by atoms with Gasteiger partial charge in [-0.05, 0) is 55.5 Å². The number of aliphatic hydroxyl groups is 2. The molecular formula is C27H37F3N2O3. The number of fused-ring (bicyclic) bond motifs is 1. The van der Waals surface area contributed by atoms with Gasteiger partial charge in [-0.3, -0.25) is 14.2 Å². The van der Waals surface area contributed by atoms with Crippen LogP contribution < -0.4 is 0 Å². The molecule has 2 N–H and O–H groups in total. The molecule has 0 aromatic heterocycles. The lowest BCUT2D eigenvalue weighted by molar-refractivity contribution is -0.0932. The highest BCUT2D eigenvalue weighted by Gasteiger charge is 2.42. The molecule has 0 amide bonds. The number of rotatable bonds is 10. The van der Waals surface area contributed by atoms with Crippen LogP contribution in [0.5, 0.6) is 0 Å². The topological polar surface area (TPSA) is 56.2 Å². The molecule has 1 aliphatic carbocycles. The molecule has 1 unspecified atom stereocenters. The summed E-state index contributed by atoms with van der Waals surface area (Å²) in [5.74, 6) is -2.30. The normalized spacial score (nSPS) is 26.7. The van der Waals surface area contributed by atoms with E-state index >= 15 is 0 Å². The quantitative estimate of drug-likeness (QED) is 0.515. The van der Waals surface area contributed by atoms with Crippen molar-refractivity contribution in [3.05, 3.63) is 58.9 Å². The first-order valence-electron chi connectivity index (χ1n) is 12.6. The molecule has 4 atom stereocenters. The zero-order chi connectivity index (χ0) is 25.2. The molecule has 2 heterocycles. The summed E-state index contributed by atoms with van der Waals surface area (Å²) in [5, 5.41) is 19.3. The molecule has 5 nitrogen and oxygen atoms in total. The number of halogens is 3. The highest BCUT2D eigenvalue weighted by molar-refractivity contribution is 5.39. The van der Waals surface area contributed by atoms with Crippen LogP contribution in [0.15, 0.2) is 42.2 Å². The molecule has 35 heavy (non-hydrogen) atoms. The Bertz CT molecular complexity index is 930. The second kappa shape index (κ2) is 11.0. The molecule has 3 aliphatic rings. The Morgan fingerprint density at radius 1 is 1.26 bits per heavy atom. The Balaban J connectivity index is 1.47. The van der Waals surface area contributed by atoms with E-state index in [1.807, 2.05) is 48.3 Å². The lowest BCUT2D eigenvalue weighted by Crippen LogP contribution is -2.50. The van der Waals surface area contributed by atoms with Gasteiger partial charge in [0, 0.05) is 43.6 Å². The maximum absolute atomic E-state index is 14.3. The van der Waals surface area contributed by atoms with E-state index < -0.39 is 25.2 Å². The van der Waals surface area contributed by atoms with Crippen molar-refractivity contribution in [1.82, 2.24) is 9.80 Å². The van der Waals surface area contributed by atoms with Gasteiger partial charge in [0.2, 0.25) is 0 Å². The van der Waals surface area contributed by atoms with Gasteiger partial charge in [-0.25, -0.2) is 8.78 Å². The average Bonchev–Trinajstić information content (AvgIpc) is 2.81. The van der Waals surface area contributed by atoms with Gasteiger partial charge in [0.05, 0.1) is 19.3 Å². The van der Waals surface area contributed by atoms with E-state index in [1.54, 1.807) is 6.92 Å². The van der Waals surface area contributed by atoms with E-state index in [-0.39, 0.29) is 30.6 Å². The van der Waals surface area contributed by atoms with Crippen molar-refractivity contribution in [2.45, 2.75) is 50.8 Å². The zero-order valence-electron chi connectivity index (χ0n) is 20.5. The lowest BCUT2D eigenvalue weighted by Gasteiger charge is -2.46. The number of benzene rings is 1. The van der Waals surface area contributed by atoms with Gasteiger partial charge in [-0.1, -0.05) is 24.3 Å². The fourth-order valence-corrected chi connectivity index (χ4v) is 5.50. The number of hydrogen-bond acceptors (Lipinski definition) is 5. The maximum Gasteiger partial charge on any atom is 0.283 e. The third-order valence-electron chi connectivity index (χ3n) is 7.48. The predicted octanol–water partition coefficient (Wildman–Crippen LogP) is 4.03. The van der Waals surface area contributed by atoms with Crippen LogP contribution in [0, 0.1) is 11.8 Å². The summed E-state index contributed by atoms with van der Waals surface area (Å²) < 4.78 is 47.2. The Kier molecular flexibility index (Phi) is 8.26. The second-order valence-electron chi connectivity index (χ2n) is 10.3. The predicted molar refractivity (Wildman–Crippen MR) is 129 cm³/mol. The minimum Gasteiger partial charge on any atom is -0.493 e. The van der Waals surface area contributed by atoms with Crippen molar-refractivity contribution in [1.29, 1.82) is 0 Å². The third kappa shape index (κ3) is 6.10. The number of aliphatic hydroxyl groups excluding tert-OH is 2. The highest BCUT2D eigenvalue weighted by atomic mass is 19.3. The van der Waals surface area contributed by atoms with Crippen LogP contribution in [0.1, 0.15) is 49.1 Å². The molecular weight excluding hydrogens is 457 g/mol. The van der Waals surface area contributed by atoms with Crippen molar-refractivity contribution in [3.63, 3.8) is 0 Å². The molecule has 1 fully saturated rings. The molecule has 0 spiro atoms. The average molecular weight is 495 g/mol. The summed E-state index contributed by atoms with van der Waals surface area (Å²) in [4.78, 5) is 3.99. The van der Waals surface area contributed by atoms with Gasteiger partial charge in [-0.15, -0.1) is 0 Å². The Labute approximate surface area is 205 Å². The molecule has 2 aliphatic heterocycles. The van der Waals surface area contributed by atoms with E-state index in [2.05, 4.69) is 4.90 Å². The van der Waals surface area contributed by atoms with Gasteiger partial charge in [0.15, 0.2) is 0 Å². The monoisotopic (exact) mass is 494 g/mol. The molecule has 8 heteroatoms. The van der Waals surface area contributed by atoms with E-state index in [1.165, 1.54) is 0 Å². The summed E-state index contributed by atoms with van der Waals surface area (Å²) in [7, 11) is 0. The van der Waals surface area contributed by atoms with Crippen LogP contribution in [0.3, 0.4) is 0 Å². The summed E-state index contributed by atoms with van der Waals surface area (Å²) >= 11 is 0. The second-order valence-corrected chi connectivity index (χ2v) is 10.3. The Morgan fingerprint density at radius 2 is 2.03 bits per heavy atom. The molecule has 1 aromatic rings. The van der Waals surface area contributed by atoms with Gasteiger partial charge in [0.25, 0.3) is 5.92 Å². The number of alkyl halides is 3. The SMILES string of the molecule is C[C@@H](O)c1ccc2c(c1)C[C@H](C)N(CC(F)(F)CO)[C@H]2C1C=CC(OCCN2CC(CF)C2)=CC1. The first-order chi connectivity index (χ1) is 16.7. The molecule has 4 rings (SSSR count). The Morgan fingerprint density at radius 3 is 2.66 bits per heavy atom. The van der Waals surface area contributed by atoms with E-state index in [4.69, 9.17) is 4.74 Å². The van der Waals surface area contributed by atoms with Crippen molar-refractivity contribution < 1.29 is 28.1 Å². The minimum absolute atomic E-state index is 0.0311. The van der Waals surface area contributed by atoms with Gasteiger partial charge in [0.1, 0.15) is 19.0 Å². The zero-order valence-corrected chi connectivity index (χ0v) is 20.5. The largest absolute Gasteiger partial charge is 0.493 e. The van der Waals surface area contributed by atoms with E-state index in [9.17, 15) is 23.4 Å². The highest BCUT2D eigenvalue weighted by Crippen LogP contribution is 2.43. The molecule has 0 bridgehead atoms. The molecule has 1 saturated heterocycles. The van der Waals surface area contributed by atoms with Crippen molar-refractivity contribution in [2.24, 2.45) is 11.8 Å². The van der Waals surface area contributed by atoms with Gasteiger partial charge >= 0.3 is 0 Å². The molecule has 194 valence electrons. The standard InChI is InChI=1S/C27H37F3N2O3/c1-18-11-23-12-22(19(2)34)5-8-25(23)26(32(18)16-27(29,30)17-33)21-3-6-24(7-4-21)35-10-9-31-14-20(13-28)15-31/h3,5-8,12,18-21,26,33-34H,4,9-11,13-17H2,1-2H3/t18-,19+,21?,26-/m0/s1. The maximum atomic E-state index is 14.3. The number of hydrogen-bond donors (Lipinski definition) is 2. The first kappa shape index (κ1) is 26.2.